The van der Waals surface area contributed by atoms with Crippen LogP contribution < -0.4 is 0 Å². The van der Waals surface area contributed by atoms with Gasteiger partial charge < -0.3 is 18.9 Å². The normalized spacial score (nSPS) is 13.7. The second-order valence-corrected chi connectivity index (χ2v) is 15.8. The van der Waals surface area contributed by atoms with E-state index in [0.717, 1.165) is 51.4 Å². The predicted octanol–water partition coefficient (Wildman–Crippen LogP) is 10.1. The third-order valence-corrected chi connectivity index (χ3v) is 9.37. The molecule has 9 nitrogen and oxygen atoms in total. The fourth-order valence-corrected chi connectivity index (χ4v) is 6.05. The molecule has 0 aliphatic rings. The molecule has 47 heavy (non-hydrogen) atoms. The summed E-state index contributed by atoms with van der Waals surface area (Å²) >= 11 is 0. The summed E-state index contributed by atoms with van der Waals surface area (Å²) in [6.45, 7) is 4.34. The highest BCUT2D eigenvalue weighted by molar-refractivity contribution is 7.47. The maximum atomic E-state index is 12.6. The first-order valence-corrected chi connectivity index (χ1v) is 20.8. The lowest BCUT2D eigenvalue weighted by Gasteiger charge is -2.24. The van der Waals surface area contributed by atoms with Gasteiger partial charge in [0, 0.05) is 12.8 Å². The summed E-state index contributed by atoms with van der Waals surface area (Å²) in [4.78, 5) is 34.9. The molecule has 0 saturated carbocycles. The minimum Gasteiger partial charge on any atom is -0.462 e. The van der Waals surface area contributed by atoms with Gasteiger partial charge in [-0.3, -0.25) is 18.6 Å². The summed E-state index contributed by atoms with van der Waals surface area (Å²) in [7, 11) is 1.49. The highest BCUT2D eigenvalue weighted by Gasteiger charge is 2.27. The van der Waals surface area contributed by atoms with E-state index in [-0.39, 0.29) is 32.0 Å². The number of nitrogens with zero attached hydrogens (tertiary/aromatic N) is 1. The number of ether oxygens (including phenoxy) is 2. The number of carbonyl (C=O) groups is 2. The van der Waals surface area contributed by atoms with E-state index >= 15 is 0 Å². The van der Waals surface area contributed by atoms with Crippen LogP contribution in [0.1, 0.15) is 174 Å². The zero-order valence-corrected chi connectivity index (χ0v) is 32.2. The van der Waals surface area contributed by atoms with E-state index in [9.17, 15) is 19.0 Å². The number of phosphoric acid groups is 1. The van der Waals surface area contributed by atoms with E-state index < -0.39 is 26.5 Å². The van der Waals surface area contributed by atoms with Crippen LogP contribution in [0, 0.1) is 0 Å². The second-order valence-electron chi connectivity index (χ2n) is 14.3. The largest absolute Gasteiger partial charge is 0.472 e. The van der Waals surface area contributed by atoms with E-state index in [1.54, 1.807) is 0 Å². The van der Waals surface area contributed by atoms with Crippen LogP contribution in [0.3, 0.4) is 0 Å². The Balaban J connectivity index is 4.20. The van der Waals surface area contributed by atoms with Gasteiger partial charge in [0.05, 0.1) is 27.7 Å². The first-order valence-electron chi connectivity index (χ1n) is 19.3. The van der Waals surface area contributed by atoms with Crippen LogP contribution >= 0.6 is 7.82 Å². The van der Waals surface area contributed by atoms with E-state index in [2.05, 4.69) is 13.8 Å². The summed E-state index contributed by atoms with van der Waals surface area (Å²) in [5.74, 6) is -0.804. The van der Waals surface area contributed by atoms with Gasteiger partial charge in [-0.25, -0.2) is 4.57 Å². The molecule has 2 atom stereocenters. The van der Waals surface area contributed by atoms with Crippen LogP contribution in [0.15, 0.2) is 0 Å². The van der Waals surface area contributed by atoms with E-state index in [1.807, 2.05) is 21.1 Å². The minimum atomic E-state index is -4.35. The summed E-state index contributed by atoms with van der Waals surface area (Å²) in [6.07, 6.45) is 27.6. The van der Waals surface area contributed by atoms with Crippen LogP contribution in [0.2, 0.25) is 0 Å². The number of esters is 2. The van der Waals surface area contributed by atoms with Crippen molar-refractivity contribution >= 4 is 19.8 Å². The third kappa shape index (κ3) is 34.7. The zero-order chi connectivity index (χ0) is 35.1. The summed E-state index contributed by atoms with van der Waals surface area (Å²) in [5.41, 5.74) is 0. The molecule has 0 aromatic rings. The van der Waals surface area contributed by atoms with Crippen molar-refractivity contribution in [3.63, 3.8) is 0 Å². The molecule has 0 radical (unpaired) electrons. The van der Waals surface area contributed by atoms with Crippen molar-refractivity contribution in [2.45, 2.75) is 180 Å². The molecule has 2 unspecified atom stereocenters. The SMILES string of the molecule is CCCCCCCCCCCCCCCCCCCCC(=O)OC(COC(=O)CCCCCCC)COP(=O)(O)OCC[N+](C)(C)C. The molecule has 0 rings (SSSR count). The zero-order valence-electron chi connectivity index (χ0n) is 31.3. The van der Waals surface area contributed by atoms with Crippen LogP contribution in [-0.2, 0) is 32.7 Å². The summed E-state index contributed by atoms with van der Waals surface area (Å²) in [5, 5.41) is 0. The van der Waals surface area contributed by atoms with E-state index in [4.69, 9.17) is 18.5 Å². The van der Waals surface area contributed by atoms with Crippen molar-refractivity contribution in [1.82, 2.24) is 0 Å². The number of unbranched alkanes of at least 4 members (excludes halogenated alkanes) is 21. The molecule has 1 N–H and O–H groups in total. The van der Waals surface area contributed by atoms with Crippen molar-refractivity contribution in [3.8, 4) is 0 Å². The lowest BCUT2D eigenvalue weighted by Crippen LogP contribution is -2.37. The minimum absolute atomic E-state index is 0.0358. The molecule has 10 heteroatoms. The number of hydrogen-bond acceptors (Lipinski definition) is 7. The molecule has 0 bridgehead atoms. The first-order chi connectivity index (χ1) is 22.5. The average molecular weight is 693 g/mol. The van der Waals surface area contributed by atoms with Gasteiger partial charge in [-0.2, -0.15) is 0 Å². The molecular weight excluding hydrogens is 617 g/mol. The molecule has 0 amide bonds. The smallest absolute Gasteiger partial charge is 0.462 e. The number of hydrogen-bond donors (Lipinski definition) is 1. The van der Waals surface area contributed by atoms with Crippen LogP contribution in [0.5, 0.6) is 0 Å². The Kier molecular flexibility index (Phi) is 30.4. The van der Waals surface area contributed by atoms with Crippen molar-refractivity contribution in [1.29, 1.82) is 0 Å². The molecule has 0 fully saturated rings. The fourth-order valence-electron chi connectivity index (χ4n) is 5.31. The van der Waals surface area contributed by atoms with Gasteiger partial charge in [-0.15, -0.1) is 0 Å². The van der Waals surface area contributed by atoms with Gasteiger partial charge in [-0.05, 0) is 12.8 Å². The average Bonchev–Trinajstić information content (AvgIpc) is 3.01. The summed E-state index contributed by atoms with van der Waals surface area (Å²) in [6, 6.07) is 0. The number of rotatable bonds is 35. The third-order valence-electron chi connectivity index (χ3n) is 8.39. The Morgan fingerprint density at radius 1 is 0.574 bits per heavy atom. The van der Waals surface area contributed by atoms with Gasteiger partial charge in [0.1, 0.15) is 19.8 Å². The second kappa shape index (κ2) is 31.0. The molecule has 280 valence electrons. The number of phosphoric ester groups is 1. The monoisotopic (exact) mass is 693 g/mol. The van der Waals surface area contributed by atoms with Crippen LogP contribution in [0.4, 0.5) is 0 Å². The topological polar surface area (TPSA) is 108 Å². The lowest BCUT2D eigenvalue weighted by molar-refractivity contribution is -0.870. The van der Waals surface area contributed by atoms with Gasteiger partial charge in [0.25, 0.3) is 0 Å². The predicted molar refractivity (Wildman–Crippen MR) is 192 cm³/mol. The Morgan fingerprint density at radius 2 is 0.957 bits per heavy atom. The number of quaternary nitrogens is 1. The van der Waals surface area contributed by atoms with Crippen molar-refractivity contribution < 1.29 is 42.1 Å². The Morgan fingerprint density at radius 3 is 1.36 bits per heavy atom. The van der Waals surface area contributed by atoms with Gasteiger partial charge in [0.15, 0.2) is 6.10 Å². The maximum absolute atomic E-state index is 12.6. The molecule has 0 aliphatic heterocycles. The Bertz CT molecular complexity index is 789. The van der Waals surface area contributed by atoms with Gasteiger partial charge >= 0.3 is 19.8 Å². The van der Waals surface area contributed by atoms with Crippen molar-refractivity contribution in [2.24, 2.45) is 0 Å². The molecule has 0 aromatic heterocycles. The van der Waals surface area contributed by atoms with Crippen LogP contribution in [-0.4, -0.2) is 74.9 Å². The fraction of sp³-hybridized carbons (Fsp3) is 0.946. The molecular formula is C37H75NO8P+. The molecule has 0 spiro atoms. The van der Waals surface area contributed by atoms with Crippen LogP contribution in [0.25, 0.3) is 0 Å². The number of likely N-dealkylation sites (N-methyl/N-ethyl adjacent to an activating group) is 1. The highest BCUT2D eigenvalue weighted by Crippen LogP contribution is 2.43. The maximum Gasteiger partial charge on any atom is 0.472 e. The van der Waals surface area contributed by atoms with E-state index in [1.165, 1.54) is 96.3 Å². The quantitative estimate of drug-likeness (QED) is 0.0303. The first kappa shape index (κ1) is 46.0. The van der Waals surface area contributed by atoms with Gasteiger partial charge in [0.2, 0.25) is 0 Å². The molecule has 0 heterocycles. The number of carbonyl (C=O) groups excluding carboxylic acids is 2. The molecule has 0 saturated heterocycles. The summed E-state index contributed by atoms with van der Waals surface area (Å²) < 4.78 is 34.0. The molecule has 0 aliphatic carbocycles. The van der Waals surface area contributed by atoms with E-state index in [0.29, 0.717) is 11.0 Å². The van der Waals surface area contributed by atoms with Gasteiger partial charge in [-0.1, -0.05) is 149 Å². The highest BCUT2D eigenvalue weighted by atomic mass is 31.2. The Hall–Kier alpha value is -0.990. The standard InChI is InChI=1S/C37H74NO8P/c1-6-8-10-12-13-14-15-16-17-18-19-20-21-22-23-24-26-28-30-37(40)46-35(33-43-36(39)29-27-25-11-9-7-2)34-45-47(41,42)44-32-31-38(3,4)5/h35H,6-34H2,1-5H3/p+1. The lowest BCUT2D eigenvalue weighted by atomic mass is 10.0. The molecule has 0 aromatic carbocycles. The van der Waals surface area contributed by atoms with Crippen molar-refractivity contribution in [3.05, 3.63) is 0 Å². The Labute approximate surface area is 289 Å². The van der Waals surface area contributed by atoms with Crippen molar-refractivity contribution in [2.75, 3.05) is 47.5 Å².